The average Bonchev–Trinajstić information content (AvgIpc) is 3.52. The first-order valence-electron chi connectivity index (χ1n) is 12.7. The molecule has 36 heavy (non-hydrogen) atoms. The van der Waals surface area contributed by atoms with Crippen molar-refractivity contribution in [2.75, 3.05) is 90.0 Å². The molecular weight excluding hydrogens is 478 g/mol. The second-order valence-corrected chi connectivity index (χ2v) is 10.0. The van der Waals surface area contributed by atoms with Gasteiger partial charge in [0.1, 0.15) is 11.3 Å². The van der Waals surface area contributed by atoms with E-state index in [1.54, 1.807) is 13.3 Å². The van der Waals surface area contributed by atoms with Gasteiger partial charge in [-0.15, -0.1) is 0 Å². The second kappa shape index (κ2) is 11.7. The molecule has 4 heterocycles. The van der Waals surface area contributed by atoms with Crippen LogP contribution in [0.1, 0.15) is 6.42 Å². The number of nitrogens with one attached hydrogen (secondary N) is 2. The van der Waals surface area contributed by atoms with Crippen molar-refractivity contribution in [2.24, 2.45) is 0 Å². The van der Waals surface area contributed by atoms with Gasteiger partial charge in [0, 0.05) is 63.7 Å². The lowest BCUT2D eigenvalue weighted by Crippen LogP contribution is -2.47. The topological polar surface area (TPSA) is 81.8 Å². The average molecular weight is 514 g/mol. The number of pyridine rings is 1. The number of nitrogens with zero attached hydrogens (tertiary/aromatic N) is 5. The van der Waals surface area contributed by atoms with Crippen molar-refractivity contribution >= 4 is 34.1 Å². The molecule has 0 amide bonds. The van der Waals surface area contributed by atoms with Gasteiger partial charge in [0.05, 0.1) is 36.7 Å². The third-order valence-corrected chi connectivity index (χ3v) is 7.36. The maximum atomic E-state index is 6.53. The van der Waals surface area contributed by atoms with Crippen LogP contribution in [0.15, 0.2) is 30.5 Å². The zero-order chi connectivity index (χ0) is 24.9. The van der Waals surface area contributed by atoms with E-state index in [9.17, 15) is 0 Å². The molecule has 0 saturated carbocycles. The summed E-state index contributed by atoms with van der Waals surface area (Å²) in [5.41, 5.74) is 4.69. The summed E-state index contributed by atoms with van der Waals surface area (Å²) >= 11 is 6.53. The fourth-order valence-electron chi connectivity index (χ4n) is 4.97. The molecule has 0 aliphatic carbocycles. The van der Waals surface area contributed by atoms with Crippen LogP contribution < -0.4 is 10.2 Å². The van der Waals surface area contributed by atoms with Gasteiger partial charge in [0.25, 0.3) is 0 Å². The Labute approximate surface area is 217 Å². The number of aromatic nitrogens is 3. The number of likely N-dealkylation sites (tertiary alicyclic amines) is 1. The first kappa shape index (κ1) is 25.2. The number of rotatable bonds is 10. The molecular formula is C26H36ClN7O2. The standard InChI is InChI=1S/C26H36ClN7O2/c1-32-8-7-20(18-32)29-23-22(27)17-28-26-24(23)30-25(31-26)19-3-5-21(6-4-19)34-11-9-33(10-12-34)13-14-36-16-15-35-2/h3-6,17,20H,7-16,18H2,1-2H3,(H2,28,29,30,31). The van der Waals surface area contributed by atoms with Crippen LogP contribution >= 0.6 is 11.6 Å². The predicted molar refractivity (Wildman–Crippen MR) is 145 cm³/mol. The number of likely N-dealkylation sites (N-methyl/N-ethyl adjacent to an activating group) is 1. The SMILES string of the molecule is COCCOCCN1CCN(c2ccc(-c3nc4ncc(Cl)c(NC5CCN(C)C5)c4[nH]3)cc2)CC1. The van der Waals surface area contributed by atoms with Gasteiger partial charge in [-0.1, -0.05) is 11.6 Å². The van der Waals surface area contributed by atoms with Crippen molar-refractivity contribution in [1.82, 2.24) is 24.8 Å². The van der Waals surface area contributed by atoms with Gasteiger partial charge >= 0.3 is 0 Å². The number of hydrogen-bond acceptors (Lipinski definition) is 8. The number of benzene rings is 1. The lowest BCUT2D eigenvalue weighted by Gasteiger charge is -2.36. The molecule has 1 unspecified atom stereocenters. The van der Waals surface area contributed by atoms with E-state index in [2.05, 4.69) is 61.3 Å². The molecule has 0 radical (unpaired) electrons. The number of halogens is 1. The van der Waals surface area contributed by atoms with E-state index in [1.807, 2.05) is 0 Å². The second-order valence-electron chi connectivity index (χ2n) is 9.64. The van der Waals surface area contributed by atoms with Gasteiger partial charge in [-0.25, -0.2) is 9.97 Å². The number of fused-ring (bicyclic) bond motifs is 1. The van der Waals surface area contributed by atoms with Crippen LogP contribution in [0.5, 0.6) is 0 Å². The van der Waals surface area contributed by atoms with Crippen LogP contribution in [0, 0.1) is 0 Å². The van der Waals surface area contributed by atoms with Crippen molar-refractivity contribution in [3.8, 4) is 11.4 Å². The molecule has 2 aliphatic heterocycles. The van der Waals surface area contributed by atoms with E-state index in [-0.39, 0.29) is 0 Å². The molecule has 9 nitrogen and oxygen atoms in total. The van der Waals surface area contributed by atoms with Gasteiger partial charge in [-0.2, -0.15) is 0 Å². The van der Waals surface area contributed by atoms with Gasteiger partial charge in [-0.05, 0) is 44.3 Å². The van der Waals surface area contributed by atoms with Crippen molar-refractivity contribution in [3.05, 3.63) is 35.5 Å². The molecule has 2 saturated heterocycles. The minimum Gasteiger partial charge on any atom is -0.382 e. The Kier molecular flexibility index (Phi) is 8.23. The summed E-state index contributed by atoms with van der Waals surface area (Å²) < 4.78 is 10.6. The molecule has 10 heteroatoms. The normalized spacial score (nSPS) is 19.4. The lowest BCUT2D eigenvalue weighted by molar-refractivity contribution is 0.0563. The van der Waals surface area contributed by atoms with Crippen molar-refractivity contribution in [2.45, 2.75) is 12.5 Å². The minimum absolute atomic E-state index is 0.368. The molecule has 194 valence electrons. The summed E-state index contributed by atoms with van der Waals surface area (Å²) in [5, 5.41) is 4.23. The van der Waals surface area contributed by atoms with Crippen molar-refractivity contribution in [1.29, 1.82) is 0 Å². The monoisotopic (exact) mass is 513 g/mol. The number of anilines is 2. The maximum absolute atomic E-state index is 6.53. The van der Waals surface area contributed by atoms with Gasteiger partial charge in [0.15, 0.2) is 5.65 Å². The van der Waals surface area contributed by atoms with Gasteiger partial charge < -0.3 is 29.6 Å². The third-order valence-electron chi connectivity index (χ3n) is 7.08. The van der Waals surface area contributed by atoms with E-state index in [1.165, 1.54) is 5.69 Å². The number of piperazine rings is 1. The molecule has 2 aromatic heterocycles. The smallest absolute Gasteiger partial charge is 0.180 e. The molecule has 1 atom stereocenters. The van der Waals surface area contributed by atoms with E-state index < -0.39 is 0 Å². The molecule has 1 aromatic carbocycles. The summed E-state index contributed by atoms with van der Waals surface area (Å²) in [5.74, 6) is 0.802. The predicted octanol–water partition coefficient (Wildman–Crippen LogP) is 3.18. The fourth-order valence-corrected chi connectivity index (χ4v) is 5.16. The molecule has 5 rings (SSSR count). The summed E-state index contributed by atoms with van der Waals surface area (Å²) in [6.07, 6.45) is 2.78. The highest BCUT2D eigenvalue weighted by Crippen LogP contribution is 2.32. The Morgan fingerprint density at radius 2 is 1.89 bits per heavy atom. The van der Waals surface area contributed by atoms with Crippen LogP contribution in [-0.2, 0) is 9.47 Å². The van der Waals surface area contributed by atoms with E-state index >= 15 is 0 Å². The van der Waals surface area contributed by atoms with Gasteiger partial charge in [-0.3, -0.25) is 4.90 Å². The van der Waals surface area contributed by atoms with Crippen molar-refractivity contribution < 1.29 is 9.47 Å². The first-order chi connectivity index (χ1) is 17.6. The minimum atomic E-state index is 0.368. The quantitative estimate of drug-likeness (QED) is 0.400. The number of methoxy groups -OCH3 is 1. The van der Waals surface area contributed by atoms with Crippen molar-refractivity contribution in [3.63, 3.8) is 0 Å². The Hall–Kier alpha value is -2.43. The highest BCUT2D eigenvalue weighted by Gasteiger charge is 2.22. The number of aromatic amines is 1. The van der Waals surface area contributed by atoms with E-state index in [0.29, 0.717) is 29.9 Å². The summed E-state index contributed by atoms with van der Waals surface area (Å²) in [6, 6.07) is 8.99. The van der Waals surface area contributed by atoms with Crippen LogP contribution in [0.25, 0.3) is 22.6 Å². The van der Waals surface area contributed by atoms with Crippen LogP contribution in [0.4, 0.5) is 11.4 Å². The Bertz CT molecular complexity index is 1130. The number of H-pyrrole nitrogens is 1. The van der Waals surface area contributed by atoms with Crippen LogP contribution in [0.3, 0.4) is 0 Å². The number of imidazole rings is 1. The molecule has 0 spiro atoms. The fraction of sp³-hybridized carbons (Fsp3) is 0.538. The highest BCUT2D eigenvalue weighted by atomic mass is 35.5. The Balaban J connectivity index is 1.21. The van der Waals surface area contributed by atoms with Gasteiger partial charge in [0.2, 0.25) is 0 Å². The van der Waals surface area contributed by atoms with Crippen LogP contribution in [0.2, 0.25) is 5.02 Å². The zero-order valence-electron chi connectivity index (χ0n) is 21.2. The molecule has 0 bridgehead atoms. The Morgan fingerprint density at radius 1 is 1.08 bits per heavy atom. The zero-order valence-corrected chi connectivity index (χ0v) is 21.9. The molecule has 3 aromatic rings. The van der Waals surface area contributed by atoms with Crippen LogP contribution in [-0.4, -0.2) is 111 Å². The summed E-state index contributed by atoms with van der Waals surface area (Å²) in [7, 11) is 3.84. The molecule has 2 N–H and O–H groups in total. The molecule has 2 fully saturated rings. The largest absolute Gasteiger partial charge is 0.382 e. The lowest BCUT2D eigenvalue weighted by atomic mass is 10.1. The Morgan fingerprint density at radius 3 is 2.61 bits per heavy atom. The first-order valence-corrected chi connectivity index (χ1v) is 13.1. The summed E-state index contributed by atoms with van der Waals surface area (Å²) in [4.78, 5) is 19.9. The summed E-state index contributed by atoms with van der Waals surface area (Å²) in [6.45, 7) is 9.22. The third kappa shape index (κ3) is 5.92. The maximum Gasteiger partial charge on any atom is 0.180 e. The van der Waals surface area contributed by atoms with E-state index in [0.717, 1.165) is 81.4 Å². The highest BCUT2D eigenvalue weighted by molar-refractivity contribution is 6.34. The number of ether oxygens (including phenoxy) is 2. The number of hydrogen-bond donors (Lipinski definition) is 2. The molecule has 2 aliphatic rings. The van der Waals surface area contributed by atoms with E-state index in [4.69, 9.17) is 26.1 Å².